The maximum Gasteiger partial charge on any atom is 0.262 e. The largest absolute Gasteiger partial charge is 0.307 e. The summed E-state index contributed by atoms with van der Waals surface area (Å²) in [6.45, 7) is 9.70. The van der Waals surface area contributed by atoms with E-state index in [-0.39, 0.29) is 16.2 Å². The van der Waals surface area contributed by atoms with Crippen LogP contribution in [0.15, 0.2) is 65.6 Å². The summed E-state index contributed by atoms with van der Waals surface area (Å²) in [5.41, 5.74) is 2.82. The number of nitrogens with zero attached hydrogens (tertiary/aromatic N) is 1. The number of carbonyl (C=O) groups is 1. The first-order valence-electron chi connectivity index (χ1n) is 9.95. The Hall–Kier alpha value is -3.19. The van der Waals surface area contributed by atoms with Crippen LogP contribution in [0.25, 0.3) is 0 Å². The third kappa shape index (κ3) is 5.49. The number of amides is 1. The molecule has 0 saturated heterocycles. The third-order valence-electron chi connectivity index (χ3n) is 4.85. The standard InChI is InChI=1S/C24H27N3O3S/c1-16-12-13-19(24(3,4)5)15-21(16)31(29,30)27-20-10-7-9-18(14-20)23(28)26-22-11-6-8-17(2)25-22/h6-15,27H,1-5H3,(H,25,26,28). The van der Waals surface area contributed by atoms with E-state index >= 15 is 0 Å². The lowest BCUT2D eigenvalue weighted by Gasteiger charge is -2.21. The predicted octanol–water partition coefficient (Wildman–Crippen LogP) is 5.05. The summed E-state index contributed by atoms with van der Waals surface area (Å²) in [6, 6.07) is 17.2. The molecule has 0 spiro atoms. The Balaban J connectivity index is 1.86. The lowest BCUT2D eigenvalue weighted by molar-refractivity contribution is 0.102. The molecule has 2 aromatic carbocycles. The average Bonchev–Trinajstić information content (AvgIpc) is 2.67. The minimum Gasteiger partial charge on any atom is -0.307 e. The zero-order valence-corrected chi connectivity index (χ0v) is 19.2. The molecule has 0 fully saturated rings. The highest BCUT2D eigenvalue weighted by atomic mass is 32.2. The van der Waals surface area contributed by atoms with Gasteiger partial charge in [0.15, 0.2) is 0 Å². The van der Waals surface area contributed by atoms with E-state index in [4.69, 9.17) is 0 Å². The summed E-state index contributed by atoms with van der Waals surface area (Å²) < 4.78 is 28.8. The van der Waals surface area contributed by atoms with Gasteiger partial charge < -0.3 is 5.32 Å². The number of nitrogens with one attached hydrogen (secondary N) is 2. The van der Waals surface area contributed by atoms with Crippen molar-refractivity contribution in [3.63, 3.8) is 0 Å². The van der Waals surface area contributed by atoms with Gasteiger partial charge in [0, 0.05) is 16.9 Å². The summed E-state index contributed by atoms with van der Waals surface area (Å²) in [7, 11) is -3.83. The number of benzene rings is 2. The fourth-order valence-corrected chi connectivity index (χ4v) is 4.41. The molecule has 1 aromatic heterocycles. The van der Waals surface area contributed by atoms with Gasteiger partial charge in [0.2, 0.25) is 0 Å². The highest BCUT2D eigenvalue weighted by Crippen LogP contribution is 2.28. The second-order valence-corrected chi connectivity index (χ2v) is 10.2. The molecule has 0 bridgehead atoms. The third-order valence-corrected chi connectivity index (χ3v) is 6.37. The van der Waals surface area contributed by atoms with Crippen LogP contribution in [0.4, 0.5) is 11.5 Å². The number of aromatic nitrogens is 1. The van der Waals surface area contributed by atoms with Crippen LogP contribution in [-0.4, -0.2) is 19.3 Å². The Morgan fingerprint density at radius 1 is 0.935 bits per heavy atom. The van der Waals surface area contributed by atoms with Crippen molar-refractivity contribution in [2.75, 3.05) is 10.0 Å². The molecule has 7 heteroatoms. The van der Waals surface area contributed by atoms with Crippen LogP contribution in [0.2, 0.25) is 0 Å². The zero-order valence-electron chi connectivity index (χ0n) is 18.4. The number of pyridine rings is 1. The number of rotatable bonds is 5. The zero-order chi connectivity index (χ0) is 22.8. The molecule has 0 radical (unpaired) electrons. The predicted molar refractivity (Wildman–Crippen MR) is 124 cm³/mol. The van der Waals surface area contributed by atoms with Crippen LogP contribution in [0.5, 0.6) is 0 Å². The first kappa shape index (κ1) is 22.5. The van der Waals surface area contributed by atoms with Gasteiger partial charge in [0.25, 0.3) is 15.9 Å². The maximum atomic E-state index is 13.1. The summed E-state index contributed by atoms with van der Waals surface area (Å²) in [4.78, 5) is 17.1. The van der Waals surface area contributed by atoms with Gasteiger partial charge in [-0.05, 0) is 66.8 Å². The molecule has 162 valence electrons. The Kier molecular flexibility index (Phi) is 6.18. The van der Waals surface area contributed by atoms with E-state index in [0.29, 0.717) is 22.6 Å². The van der Waals surface area contributed by atoms with Crippen LogP contribution >= 0.6 is 0 Å². The Morgan fingerprint density at radius 2 is 1.65 bits per heavy atom. The molecule has 0 aliphatic rings. The van der Waals surface area contributed by atoms with Crippen LogP contribution in [-0.2, 0) is 15.4 Å². The number of hydrogen-bond acceptors (Lipinski definition) is 4. The van der Waals surface area contributed by atoms with Crippen molar-refractivity contribution in [3.8, 4) is 0 Å². The average molecular weight is 438 g/mol. The molecule has 3 rings (SSSR count). The van der Waals surface area contributed by atoms with Gasteiger partial charge in [-0.25, -0.2) is 13.4 Å². The summed E-state index contributed by atoms with van der Waals surface area (Å²) in [5.74, 6) is 0.0654. The quantitative estimate of drug-likeness (QED) is 0.585. The number of aryl methyl sites for hydroxylation is 2. The summed E-state index contributed by atoms with van der Waals surface area (Å²) in [6.07, 6.45) is 0. The van der Waals surface area contributed by atoms with Gasteiger partial charge in [0.1, 0.15) is 5.82 Å². The van der Waals surface area contributed by atoms with Crippen molar-refractivity contribution >= 4 is 27.4 Å². The minimum atomic E-state index is -3.83. The molecule has 3 aromatic rings. The summed E-state index contributed by atoms with van der Waals surface area (Å²) >= 11 is 0. The van der Waals surface area contributed by atoms with E-state index in [1.54, 1.807) is 43.3 Å². The molecule has 0 atom stereocenters. The normalized spacial score (nSPS) is 11.8. The van der Waals surface area contributed by atoms with Gasteiger partial charge in [-0.1, -0.05) is 45.0 Å². The van der Waals surface area contributed by atoms with Gasteiger partial charge in [-0.2, -0.15) is 0 Å². The van der Waals surface area contributed by atoms with E-state index in [9.17, 15) is 13.2 Å². The van der Waals surface area contributed by atoms with E-state index in [1.165, 1.54) is 6.07 Å². The molecule has 0 saturated carbocycles. The minimum absolute atomic E-state index is 0.181. The molecule has 1 amide bonds. The first-order valence-corrected chi connectivity index (χ1v) is 11.4. The van der Waals surface area contributed by atoms with Crippen molar-refractivity contribution in [2.24, 2.45) is 0 Å². The Bertz CT molecular complexity index is 1230. The Morgan fingerprint density at radius 3 is 2.32 bits per heavy atom. The van der Waals surface area contributed by atoms with Crippen molar-refractivity contribution in [3.05, 3.63) is 83.0 Å². The molecule has 31 heavy (non-hydrogen) atoms. The number of hydrogen-bond donors (Lipinski definition) is 2. The molecular weight excluding hydrogens is 410 g/mol. The molecular formula is C24H27N3O3S. The summed E-state index contributed by atoms with van der Waals surface area (Å²) in [5, 5.41) is 2.73. The second kappa shape index (κ2) is 8.51. The molecule has 1 heterocycles. The topological polar surface area (TPSA) is 88.2 Å². The molecule has 0 unspecified atom stereocenters. The van der Waals surface area contributed by atoms with E-state index in [2.05, 4.69) is 15.0 Å². The van der Waals surface area contributed by atoms with Crippen LogP contribution in [0, 0.1) is 13.8 Å². The van der Waals surface area contributed by atoms with Crippen molar-refractivity contribution in [1.29, 1.82) is 0 Å². The number of carbonyl (C=O) groups excluding carboxylic acids is 1. The highest BCUT2D eigenvalue weighted by Gasteiger charge is 2.22. The van der Waals surface area contributed by atoms with Crippen molar-refractivity contribution in [1.82, 2.24) is 4.98 Å². The van der Waals surface area contributed by atoms with Gasteiger partial charge in [-0.15, -0.1) is 0 Å². The fraction of sp³-hybridized carbons (Fsp3) is 0.250. The molecule has 0 aliphatic carbocycles. The van der Waals surface area contributed by atoms with Crippen molar-refractivity contribution < 1.29 is 13.2 Å². The van der Waals surface area contributed by atoms with E-state index < -0.39 is 10.0 Å². The smallest absolute Gasteiger partial charge is 0.262 e. The Labute approximate surface area is 183 Å². The highest BCUT2D eigenvalue weighted by molar-refractivity contribution is 7.92. The van der Waals surface area contributed by atoms with Gasteiger partial charge >= 0.3 is 0 Å². The molecule has 0 aliphatic heterocycles. The lowest BCUT2D eigenvalue weighted by atomic mass is 9.87. The SMILES string of the molecule is Cc1cccc(NC(=O)c2cccc(NS(=O)(=O)c3cc(C(C)(C)C)ccc3C)c2)n1. The number of sulfonamides is 1. The first-order chi connectivity index (χ1) is 14.5. The molecule has 2 N–H and O–H groups in total. The lowest BCUT2D eigenvalue weighted by Crippen LogP contribution is -2.18. The van der Waals surface area contributed by atoms with Crippen LogP contribution in [0.3, 0.4) is 0 Å². The van der Waals surface area contributed by atoms with E-state index in [1.807, 2.05) is 45.9 Å². The van der Waals surface area contributed by atoms with E-state index in [0.717, 1.165) is 11.3 Å². The second-order valence-electron chi connectivity index (χ2n) is 8.53. The number of anilines is 2. The monoisotopic (exact) mass is 437 g/mol. The van der Waals surface area contributed by atoms with Crippen LogP contribution in [0.1, 0.15) is 48.0 Å². The van der Waals surface area contributed by atoms with Crippen LogP contribution < -0.4 is 10.0 Å². The van der Waals surface area contributed by atoms with Gasteiger partial charge in [0.05, 0.1) is 4.90 Å². The maximum absolute atomic E-state index is 13.1. The van der Waals surface area contributed by atoms with Crippen molar-refractivity contribution in [2.45, 2.75) is 44.9 Å². The van der Waals surface area contributed by atoms with Gasteiger partial charge in [-0.3, -0.25) is 9.52 Å². The molecule has 6 nitrogen and oxygen atoms in total. The fourth-order valence-electron chi connectivity index (χ4n) is 3.09.